The van der Waals surface area contributed by atoms with Gasteiger partial charge in [0.05, 0.1) is 6.04 Å². The van der Waals surface area contributed by atoms with Crippen LogP contribution in [0.25, 0.3) is 0 Å². The van der Waals surface area contributed by atoms with Crippen LogP contribution in [0.4, 0.5) is 4.79 Å². The number of carbonyl (C=O) groups is 2. The lowest BCUT2D eigenvalue weighted by molar-refractivity contribution is -0.121. The van der Waals surface area contributed by atoms with Crippen LogP contribution < -0.4 is 16.0 Å². The molecular weight excluding hydrogens is 230 g/mol. The van der Waals surface area contributed by atoms with Crippen LogP contribution in [0.5, 0.6) is 0 Å². The van der Waals surface area contributed by atoms with E-state index in [9.17, 15) is 13.8 Å². The van der Waals surface area contributed by atoms with Gasteiger partial charge in [0.2, 0.25) is 5.91 Å². The van der Waals surface area contributed by atoms with E-state index < -0.39 is 28.8 Å². The van der Waals surface area contributed by atoms with Crippen molar-refractivity contribution in [3.05, 3.63) is 0 Å². The van der Waals surface area contributed by atoms with Crippen LogP contribution in [0.15, 0.2) is 0 Å². The van der Waals surface area contributed by atoms with E-state index in [0.717, 1.165) is 0 Å². The van der Waals surface area contributed by atoms with Crippen molar-refractivity contribution in [2.45, 2.75) is 25.1 Å². The maximum Gasteiger partial charge on any atom is 0.321 e. The van der Waals surface area contributed by atoms with Gasteiger partial charge in [-0.3, -0.25) is 14.3 Å². The van der Waals surface area contributed by atoms with Crippen molar-refractivity contribution >= 4 is 22.7 Å². The van der Waals surface area contributed by atoms with E-state index in [1.165, 1.54) is 7.05 Å². The van der Waals surface area contributed by atoms with Crippen molar-refractivity contribution in [2.24, 2.45) is 0 Å². The van der Waals surface area contributed by atoms with Gasteiger partial charge in [-0.25, -0.2) is 4.79 Å². The first kappa shape index (κ1) is 15.0. The number of imide groups is 1. The fourth-order valence-corrected chi connectivity index (χ4v) is 1.17. The summed E-state index contributed by atoms with van der Waals surface area (Å²) in [6, 6.07) is -1.03. The first-order chi connectivity index (χ1) is 7.38. The van der Waals surface area contributed by atoms with Gasteiger partial charge in [-0.15, -0.1) is 0 Å². The van der Waals surface area contributed by atoms with Crippen molar-refractivity contribution < 1.29 is 13.8 Å². The SMILES string of the molecule is CNC(=O)NC(=O)C(C)NCC(C)S(C)=O. The lowest BCUT2D eigenvalue weighted by Gasteiger charge is -2.15. The molecular formula is C9H19N3O3S. The van der Waals surface area contributed by atoms with Gasteiger partial charge < -0.3 is 10.6 Å². The van der Waals surface area contributed by atoms with Crippen molar-refractivity contribution in [1.29, 1.82) is 0 Å². The summed E-state index contributed by atoms with van der Waals surface area (Å²) in [5.41, 5.74) is 0. The number of amides is 3. The Labute approximate surface area is 98.0 Å². The summed E-state index contributed by atoms with van der Waals surface area (Å²) in [7, 11) is 0.508. The van der Waals surface area contributed by atoms with Crippen LogP contribution in [0.2, 0.25) is 0 Å². The number of hydrogen-bond donors (Lipinski definition) is 3. The first-order valence-electron chi connectivity index (χ1n) is 4.96. The highest BCUT2D eigenvalue weighted by atomic mass is 32.2. The number of hydrogen-bond acceptors (Lipinski definition) is 4. The Kier molecular flexibility index (Phi) is 6.91. The molecule has 3 N–H and O–H groups in total. The molecule has 6 nitrogen and oxygen atoms in total. The van der Waals surface area contributed by atoms with Crippen molar-refractivity contribution in [3.8, 4) is 0 Å². The molecule has 16 heavy (non-hydrogen) atoms. The molecule has 7 heteroatoms. The molecule has 0 rings (SSSR count). The second-order valence-electron chi connectivity index (χ2n) is 3.51. The van der Waals surface area contributed by atoms with Gasteiger partial charge in [0.25, 0.3) is 0 Å². The Morgan fingerprint density at radius 1 is 1.31 bits per heavy atom. The lowest BCUT2D eigenvalue weighted by atomic mass is 10.3. The average Bonchev–Trinajstić information content (AvgIpc) is 2.24. The molecule has 0 aliphatic heterocycles. The van der Waals surface area contributed by atoms with Gasteiger partial charge in [-0.05, 0) is 13.8 Å². The summed E-state index contributed by atoms with van der Waals surface area (Å²) in [5, 5.41) is 7.32. The summed E-state index contributed by atoms with van der Waals surface area (Å²) in [4.78, 5) is 22.2. The third kappa shape index (κ3) is 5.82. The molecule has 0 heterocycles. The fraction of sp³-hybridized carbons (Fsp3) is 0.778. The summed E-state index contributed by atoms with van der Waals surface area (Å²) >= 11 is 0. The van der Waals surface area contributed by atoms with Gasteiger partial charge in [0.1, 0.15) is 0 Å². The monoisotopic (exact) mass is 249 g/mol. The van der Waals surface area contributed by atoms with Crippen LogP contribution in [0, 0.1) is 0 Å². The van der Waals surface area contributed by atoms with E-state index >= 15 is 0 Å². The average molecular weight is 249 g/mol. The van der Waals surface area contributed by atoms with Crippen molar-refractivity contribution in [1.82, 2.24) is 16.0 Å². The number of carbonyl (C=O) groups excluding carboxylic acids is 2. The second kappa shape index (κ2) is 7.34. The third-order valence-corrected chi connectivity index (χ3v) is 3.44. The molecule has 0 radical (unpaired) electrons. The van der Waals surface area contributed by atoms with Gasteiger partial charge in [0.15, 0.2) is 0 Å². The Morgan fingerprint density at radius 3 is 2.31 bits per heavy atom. The summed E-state index contributed by atoms with van der Waals surface area (Å²) in [5.74, 6) is -0.409. The number of nitrogens with one attached hydrogen (secondary N) is 3. The van der Waals surface area contributed by atoms with Gasteiger partial charge in [-0.1, -0.05) is 0 Å². The van der Waals surface area contributed by atoms with E-state index in [-0.39, 0.29) is 5.25 Å². The third-order valence-electron chi connectivity index (χ3n) is 2.14. The molecule has 0 saturated carbocycles. The van der Waals surface area contributed by atoms with Crippen LogP contribution in [0.3, 0.4) is 0 Å². The maximum atomic E-state index is 11.4. The standard InChI is InChI=1S/C9H19N3O3S/c1-6(16(4)15)5-11-7(2)8(13)12-9(14)10-3/h6-7,11H,5H2,1-4H3,(H2,10,12,13,14). The highest BCUT2D eigenvalue weighted by Gasteiger charge is 2.16. The van der Waals surface area contributed by atoms with Gasteiger partial charge >= 0.3 is 6.03 Å². The minimum atomic E-state index is -0.926. The topological polar surface area (TPSA) is 87.3 Å². The van der Waals surface area contributed by atoms with Crippen LogP contribution in [0.1, 0.15) is 13.8 Å². The van der Waals surface area contributed by atoms with Gasteiger partial charge in [0, 0.05) is 35.9 Å². The van der Waals surface area contributed by atoms with Crippen LogP contribution in [-0.4, -0.2) is 47.3 Å². The number of urea groups is 1. The minimum absolute atomic E-state index is 0.0322. The highest BCUT2D eigenvalue weighted by Crippen LogP contribution is 1.91. The van der Waals surface area contributed by atoms with E-state index in [1.54, 1.807) is 13.2 Å². The van der Waals surface area contributed by atoms with E-state index in [0.29, 0.717) is 6.54 Å². The molecule has 0 saturated heterocycles. The minimum Gasteiger partial charge on any atom is -0.341 e. The molecule has 0 aromatic heterocycles. The Bertz CT molecular complexity index is 283. The zero-order chi connectivity index (χ0) is 12.7. The summed E-state index contributed by atoms with van der Waals surface area (Å²) < 4.78 is 11.1. The quantitative estimate of drug-likeness (QED) is 0.594. The first-order valence-corrected chi connectivity index (χ1v) is 6.58. The van der Waals surface area contributed by atoms with Crippen LogP contribution in [-0.2, 0) is 15.6 Å². The molecule has 0 bridgehead atoms. The molecule has 0 spiro atoms. The summed E-state index contributed by atoms with van der Waals surface area (Å²) in [6.45, 7) is 3.93. The largest absolute Gasteiger partial charge is 0.341 e. The molecule has 0 aliphatic carbocycles. The Morgan fingerprint density at radius 2 is 1.88 bits per heavy atom. The molecule has 0 aliphatic rings. The number of rotatable bonds is 5. The smallest absolute Gasteiger partial charge is 0.321 e. The lowest BCUT2D eigenvalue weighted by Crippen LogP contribution is -2.48. The molecule has 0 fully saturated rings. The normalized spacial score (nSPS) is 16.0. The molecule has 94 valence electrons. The van der Waals surface area contributed by atoms with Crippen molar-refractivity contribution in [2.75, 3.05) is 19.8 Å². The predicted octanol–water partition coefficient (Wildman–Crippen LogP) is -0.813. The predicted molar refractivity (Wildman–Crippen MR) is 63.6 cm³/mol. The van der Waals surface area contributed by atoms with Crippen molar-refractivity contribution in [3.63, 3.8) is 0 Å². The van der Waals surface area contributed by atoms with E-state index in [1.807, 2.05) is 6.92 Å². The zero-order valence-electron chi connectivity index (χ0n) is 9.99. The maximum absolute atomic E-state index is 11.4. The molecule has 3 unspecified atom stereocenters. The zero-order valence-corrected chi connectivity index (χ0v) is 10.8. The molecule has 3 amide bonds. The summed E-state index contributed by atoms with van der Waals surface area (Å²) in [6.07, 6.45) is 1.61. The second-order valence-corrected chi connectivity index (χ2v) is 5.31. The van der Waals surface area contributed by atoms with E-state index in [2.05, 4.69) is 16.0 Å². The molecule has 0 aromatic rings. The highest BCUT2D eigenvalue weighted by molar-refractivity contribution is 7.84. The Balaban J connectivity index is 3.97. The van der Waals surface area contributed by atoms with E-state index in [4.69, 9.17) is 0 Å². The fourth-order valence-electron chi connectivity index (χ4n) is 0.835. The van der Waals surface area contributed by atoms with Gasteiger partial charge in [-0.2, -0.15) is 0 Å². The van der Waals surface area contributed by atoms with Crippen LogP contribution >= 0.6 is 0 Å². The molecule has 3 atom stereocenters. The molecule has 0 aromatic carbocycles. The Hall–Kier alpha value is -0.950.